The molecule has 5 nitrogen and oxygen atoms in total. The molecule has 162 valence electrons. The van der Waals surface area contributed by atoms with Gasteiger partial charge in [-0.15, -0.1) is 12.4 Å². The van der Waals surface area contributed by atoms with Crippen LogP contribution in [0.5, 0.6) is 0 Å². The topological polar surface area (TPSA) is 75.4 Å². The zero-order chi connectivity index (χ0) is 20.8. The summed E-state index contributed by atoms with van der Waals surface area (Å²) in [7, 11) is 0. The monoisotopic (exact) mass is 429 g/mol. The van der Waals surface area contributed by atoms with Gasteiger partial charge in [0.25, 0.3) is 0 Å². The zero-order valence-corrected chi connectivity index (χ0v) is 18.5. The van der Waals surface area contributed by atoms with Gasteiger partial charge in [0.2, 0.25) is 11.8 Å². The Morgan fingerprint density at radius 3 is 2.20 bits per heavy atom. The normalized spacial score (nSPS) is 19.3. The Hall–Kier alpha value is -2.37. The van der Waals surface area contributed by atoms with Crippen molar-refractivity contribution in [3.8, 4) is 0 Å². The van der Waals surface area contributed by atoms with E-state index < -0.39 is 6.04 Å². The van der Waals surface area contributed by atoms with E-state index in [0.717, 1.165) is 5.56 Å². The van der Waals surface area contributed by atoms with Crippen LogP contribution in [0.15, 0.2) is 60.7 Å². The van der Waals surface area contributed by atoms with E-state index in [1.165, 1.54) is 5.56 Å². The first-order chi connectivity index (χ1) is 14.0. The third-order valence-electron chi connectivity index (χ3n) is 5.74. The molecular formula is C24H32ClN3O2. The molecule has 0 radical (unpaired) electrons. The maximum atomic E-state index is 13.3. The predicted octanol–water partition coefficient (Wildman–Crippen LogP) is 2.99. The maximum Gasteiger partial charge on any atom is 0.245 e. The van der Waals surface area contributed by atoms with Crippen molar-refractivity contribution in [2.75, 3.05) is 19.6 Å². The van der Waals surface area contributed by atoms with Gasteiger partial charge in [-0.05, 0) is 29.5 Å². The van der Waals surface area contributed by atoms with Crippen LogP contribution in [0.25, 0.3) is 0 Å². The van der Waals surface area contributed by atoms with E-state index in [2.05, 4.69) is 17.4 Å². The number of nitrogens with zero attached hydrogens (tertiary/aromatic N) is 1. The van der Waals surface area contributed by atoms with E-state index in [0.29, 0.717) is 19.6 Å². The number of carbonyl (C=O) groups excluding carboxylic acids is 2. The Labute approximate surface area is 185 Å². The van der Waals surface area contributed by atoms with Crippen molar-refractivity contribution in [3.63, 3.8) is 0 Å². The van der Waals surface area contributed by atoms with E-state index in [1.807, 2.05) is 67.3 Å². The average Bonchev–Trinajstić information content (AvgIpc) is 3.17. The molecule has 3 N–H and O–H groups in total. The van der Waals surface area contributed by atoms with Crippen LogP contribution in [0.4, 0.5) is 0 Å². The van der Waals surface area contributed by atoms with Crippen LogP contribution in [-0.2, 0) is 16.0 Å². The fourth-order valence-electron chi connectivity index (χ4n) is 4.08. The molecule has 1 fully saturated rings. The Morgan fingerprint density at radius 2 is 1.63 bits per heavy atom. The second kappa shape index (κ2) is 11.1. The van der Waals surface area contributed by atoms with Crippen LogP contribution in [0.2, 0.25) is 0 Å². The largest absolute Gasteiger partial charge is 0.344 e. The SMILES string of the molecule is CC(C)C(NC(=O)Cc1ccccc1)C(=O)N1C[C@@H](CN)[C@H](c2ccccc2)C1.Cl. The molecule has 1 unspecified atom stereocenters. The minimum absolute atomic E-state index is 0. The highest BCUT2D eigenvalue weighted by atomic mass is 35.5. The number of benzene rings is 2. The summed E-state index contributed by atoms with van der Waals surface area (Å²) >= 11 is 0. The van der Waals surface area contributed by atoms with Crippen molar-refractivity contribution < 1.29 is 9.59 Å². The molecule has 3 atom stereocenters. The third-order valence-corrected chi connectivity index (χ3v) is 5.74. The van der Waals surface area contributed by atoms with Gasteiger partial charge in [-0.2, -0.15) is 0 Å². The molecule has 0 bridgehead atoms. The van der Waals surface area contributed by atoms with Crippen LogP contribution in [0.1, 0.15) is 30.9 Å². The Balaban J connectivity index is 0.00000320. The molecule has 0 aromatic heterocycles. The van der Waals surface area contributed by atoms with Crippen LogP contribution in [0, 0.1) is 11.8 Å². The summed E-state index contributed by atoms with van der Waals surface area (Å²) in [6.07, 6.45) is 0.273. The molecule has 2 amide bonds. The van der Waals surface area contributed by atoms with Gasteiger partial charge in [-0.3, -0.25) is 9.59 Å². The number of amides is 2. The lowest BCUT2D eigenvalue weighted by molar-refractivity contribution is -0.136. The molecule has 2 aromatic rings. The van der Waals surface area contributed by atoms with Gasteiger partial charge in [0.1, 0.15) is 6.04 Å². The summed E-state index contributed by atoms with van der Waals surface area (Å²) in [5, 5.41) is 2.97. The van der Waals surface area contributed by atoms with Gasteiger partial charge >= 0.3 is 0 Å². The minimum atomic E-state index is -0.529. The second-order valence-electron chi connectivity index (χ2n) is 8.21. The number of carbonyl (C=O) groups is 2. The van der Waals surface area contributed by atoms with Crippen molar-refractivity contribution in [1.29, 1.82) is 0 Å². The highest BCUT2D eigenvalue weighted by Gasteiger charge is 2.38. The summed E-state index contributed by atoms with van der Waals surface area (Å²) in [6, 6.07) is 19.3. The maximum absolute atomic E-state index is 13.3. The Kier molecular flexibility index (Phi) is 8.88. The highest BCUT2D eigenvalue weighted by molar-refractivity contribution is 5.89. The van der Waals surface area contributed by atoms with Crippen LogP contribution in [-0.4, -0.2) is 42.4 Å². The molecular weight excluding hydrogens is 398 g/mol. The number of nitrogens with one attached hydrogen (secondary N) is 1. The first-order valence-electron chi connectivity index (χ1n) is 10.4. The molecule has 6 heteroatoms. The molecule has 1 aliphatic rings. The third kappa shape index (κ3) is 5.83. The fourth-order valence-corrected chi connectivity index (χ4v) is 4.08. The summed E-state index contributed by atoms with van der Waals surface area (Å²) in [4.78, 5) is 27.7. The number of hydrogen-bond acceptors (Lipinski definition) is 3. The molecule has 0 saturated carbocycles. The van der Waals surface area contributed by atoms with Gasteiger partial charge in [-0.25, -0.2) is 0 Å². The van der Waals surface area contributed by atoms with E-state index in [4.69, 9.17) is 5.73 Å². The summed E-state index contributed by atoms with van der Waals surface area (Å²) < 4.78 is 0. The fraction of sp³-hybridized carbons (Fsp3) is 0.417. The Morgan fingerprint density at radius 1 is 1.03 bits per heavy atom. The first-order valence-corrected chi connectivity index (χ1v) is 10.4. The number of halogens is 1. The van der Waals surface area contributed by atoms with Crippen molar-refractivity contribution in [3.05, 3.63) is 71.8 Å². The Bertz CT molecular complexity index is 814. The van der Waals surface area contributed by atoms with Gasteiger partial charge in [0.15, 0.2) is 0 Å². The van der Waals surface area contributed by atoms with Crippen LogP contribution >= 0.6 is 12.4 Å². The summed E-state index contributed by atoms with van der Waals surface area (Å²) in [5.41, 5.74) is 8.17. The van der Waals surface area contributed by atoms with E-state index in [9.17, 15) is 9.59 Å². The van der Waals surface area contributed by atoms with E-state index in [1.54, 1.807) is 0 Å². The molecule has 0 aliphatic carbocycles. The van der Waals surface area contributed by atoms with E-state index in [-0.39, 0.29) is 48.4 Å². The summed E-state index contributed by atoms with van der Waals surface area (Å²) in [6.45, 7) is 5.75. The standard InChI is InChI=1S/C24H31N3O2.ClH/c1-17(2)23(26-22(28)13-18-9-5-3-6-10-18)24(29)27-15-20(14-25)21(16-27)19-11-7-4-8-12-19;/h3-12,17,20-21,23H,13-16,25H2,1-2H3,(H,26,28);1H/t20-,21+,23?;/m1./s1. The number of hydrogen-bond donors (Lipinski definition) is 2. The van der Waals surface area contributed by atoms with Gasteiger partial charge in [0.05, 0.1) is 6.42 Å². The van der Waals surface area contributed by atoms with Gasteiger partial charge in [0, 0.05) is 19.0 Å². The van der Waals surface area contributed by atoms with Crippen molar-refractivity contribution in [2.24, 2.45) is 17.6 Å². The van der Waals surface area contributed by atoms with Crippen LogP contribution in [0.3, 0.4) is 0 Å². The molecule has 2 aromatic carbocycles. The van der Waals surface area contributed by atoms with Crippen molar-refractivity contribution in [2.45, 2.75) is 32.2 Å². The van der Waals surface area contributed by atoms with Crippen molar-refractivity contribution >= 4 is 24.2 Å². The molecule has 3 rings (SSSR count). The summed E-state index contributed by atoms with van der Waals surface area (Å²) in [5.74, 6) is 0.331. The lowest BCUT2D eigenvalue weighted by Crippen LogP contribution is -2.51. The minimum Gasteiger partial charge on any atom is -0.344 e. The molecule has 30 heavy (non-hydrogen) atoms. The van der Waals surface area contributed by atoms with Crippen molar-refractivity contribution in [1.82, 2.24) is 10.2 Å². The van der Waals surface area contributed by atoms with Gasteiger partial charge in [-0.1, -0.05) is 74.5 Å². The predicted molar refractivity (Wildman–Crippen MR) is 122 cm³/mol. The van der Waals surface area contributed by atoms with Gasteiger partial charge < -0.3 is 16.0 Å². The quantitative estimate of drug-likeness (QED) is 0.710. The number of rotatable bonds is 7. The average molecular weight is 430 g/mol. The van der Waals surface area contributed by atoms with Crippen LogP contribution < -0.4 is 11.1 Å². The first kappa shape index (κ1) is 23.9. The number of likely N-dealkylation sites (tertiary alicyclic amines) is 1. The lowest BCUT2D eigenvalue weighted by Gasteiger charge is -2.27. The highest BCUT2D eigenvalue weighted by Crippen LogP contribution is 2.32. The smallest absolute Gasteiger partial charge is 0.245 e. The number of nitrogens with two attached hydrogens (primary N) is 1. The molecule has 1 saturated heterocycles. The molecule has 1 aliphatic heterocycles. The molecule has 1 heterocycles. The zero-order valence-electron chi connectivity index (χ0n) is 17.7. The second-order valence-corrected chi connectivity index (χ2v) is 8.21. The molecule has 0 spiro atoms. The lowest BCUT2D eigenvalue weighted by atomic mass is 9.89. The van der Waals surface area contributed by atoms with E-state index >= 15 is 0 Å².